The van der Waals surface area contributed by atoms with Crippen LogP contribution in [0.5, 0.6) is 0 Å². The van der Waals surface area contributed by atoms with Gasteiger partial charge in [-0.15, -0.1) is 0 Å². The molecule has 1 atom stereocenters. The van der Waals surface area contributed by atoms with Crippen LogP contribution in [-0.2, 0) is 16.1 Å². The van der Waals surface area contributed by atoms with Crippen molar-refractivity contribution in [2.75, 3.05) is 13.1 Å². The van der Waals surface area contributed by atoms with E-state index in [1.807, 2.05) is 12.1 Å². The Balaban J connectivity index is 1.91. The Kier molecular flexibility index (Phi) is 4.98. The van der Waals surface area contributed by atoms with Crippen molar-refractivity contribution in [3.8, 4) is 0 Å². The first-order chi connectivity index (χ1) is 9.61. The number of halogens is 1. The van der Waals surface area contributed by atoms with Crippen LogP contribution >= 0.6 is 11.6 Å². The number of hydrogen-bond donors (Lipinski definition) is 2. The summed E-state index contributed by atoms with van der Waals surface area (Å²) in [4.78, 5) is 25.4. The monoisotopic (exact) mass is 295 g/mol. The lowest BCUT2D eigenvalue weighted by molar-refractivity contribution is -0.137. The fourth-order valence-corrected chi connectivity index (χ4v) is 2.49. The molecule has 6 heteroatoms. The Labute approximate surface area is 123 Å². The van der Waals surface area contributed by atoms with E-state index in [1.165, 1.54) is 0 Å². The third kappa shape index (κ3) is 3.49. The van der Waals surface area contributed by atoms with E-state index in [0.29, 0.717) is 24.5 Å². The largest absolute Gasteiger partial charge is 0.350 e. The van der Waals surface area contributed by atoms with Crippen LogP contribution in [0.3, 0.4) is 0 Å². The van der Waals surface area contributed by atoms with Gasteiger partial charge in [0, 0.05) is 18.1 Å². The summed E-state index contributed by atoms with van der Waals surface area (Å²) in [7, 11) is 0. The molecule has 108 valence electrons. The Morgan fingerprint density at radius 2 is 2.05 bits per heavy atom. The van der Waals surface area contributed by atoms with Crippen LogP contribution in [0.1, 0.15) is 18.4 Å². The van der Waals surface area contributed by atoms with E-state index >= 15 is 0 Å². The topological polar surface area (TPSA) is 75.4 Å². The van der Waals surface area contributed by atoms with E-state index in [0.717, 1.165) is 12.0 Å². The summed E-state index contributed by atoms with van der Waals surface area (Å²) < 4.78 is 0. The first kappa shape index (κ1) is 14.8. The molecule has 0 radical (unpaired) electrons. The van der Waals surface area contributed by atoms with Gasteiger partial charge in [0.25, 0.3) is 0 Å². The maximum absolute atomic E-state index is 12.1. The molecule has 2 rings (SSSR count). The van der Waals surface area contributed by atoms with Gasteiger partial charge in [-0.25, -0.2) is 0 Å². The number of hydrogen-bond acceptors (Lipinski definition) is 3. The summed E-state index contributed by atoms with van der Waals surface area (Å²) in [6.07, 6.45) is 1.53. The Morgan fingerprint density at radius 3 is 2.70 bits per heavy atom. The summed E-state index contributed by atoms with van der Waals surface area (Å²) in [5, 5.41) is 3.52. The van der Waals surface area contributed by atoms with E-state index in [1.54, 1.807) is 17.0 Å². The van der Waals surface area contributed by atoms with Crippen LogP contribution in [-0.4, -0.2) is 35.8 Å². The predicted molar refractivity (Wildman–Crippen MR) is 77.1 cm³/mol. The number of nitrogens with one attached hydrogen (secondary N) is 1. The smallest absolute Gasteiger partial charge is 0.243 e. The number of carbonyl (C=O) groups is 2. The van der Waals surface area contributed by atoms with E-state index in [-0.39, 0.29) is 18.4 Å². The molecule has 1 aliphatic rings. The molecule has 1 aliphatic heterocycles. The van der Waals surface area contributed by atoms with Gasteiger partial charge in [-0.05, 0) is 30.5 Å². The van der Waals surface area contributed by atoms with Crippen molar-refractivity contribution < 1.29 is 9.59 Å². The molecule has 0 aliphatic carbocycles. The minimum atomic E-state index is -0.390. The summed E-state index contributed by atoms with van der Waals surface area (Å²) in [6.45, 7) is 0.979. The number of amides is 2. The van der Waals surface area contributed by atoms with Crippen molar-refractivity contribution in [3.05, 3.63) is 34.9 Å². The minimum absolute atomic E-state index is 0.0546. The quantitative estimate of drug-likeness (QED) is 0.867. The number of rotatable bonds is 4. The van der Waals surface area contributed by atoms with Gasteiger partial charge >= 0.3 is 0 Å². The van der Waals surface area contributed by atoms with Crippen LogP contribution in [0.15, 0.2) is 24.3 Å². The highest BCUT2D eigenvalue weighted by Gasteiger charge is 2.33. The van der Waals surface area contributed by atoms with Gasteiger partial charge in [0.05, 0.1) is 6.54 Å². The predicted octanol–water partition coefficient (Wildman–Crippen LogP) is 0.906. The molecule has 1 heterocycles. The summed E-state index contributed by atoms with van der Waals surface area (Å²) in [5.41, 5.74) is 6.33. The molecule has 3 N–H and O–H groups in total. The zero-order valence-electron chi connectivity index (χ0n) is 11.1. The van der Waals surface area contributed by atoms with Crippen LogP contribution < -0.4 is 11.1 Å². The maximum atomic E-state index is 12.1. The molecule has 0 aromatic heterocycles. The van der Waals surface area contributed by atoms with Gasteiger partial charge in [0.15, 0.2) is 0 Å². The molecule has 0 saturated carbocycles. The van der Waals surface area contributed by atoms with Gasteiger partial charge in [-0.2, -0.15) is 0 Å². The highest BCUT2D eigenvalue weighted by atomic mass is 35.5. The highest BCUT2D eigenvalue weighted by molar-refractivity contribution is 6.30. The molecule has 0 spiro atoms. The molecule has 20 heavy (non-hydrogen) atoms. The molecule has 2 amide bonds. The van der Waals surface area contributed by atoms with E-state index in [9.17, 15) is 9.59 Å². The minimum Gasteiger partial charge on any atom is -0.350 e. The number of nitrogens with zero attached hydrogens (tertiary/aromatic N) is 1. The van der Waals surface area contributed by atoms with E-state index in [4.69, 9.17) is 17.3 Å². The Morgan fingerprint density at radius 1 is 1.35 bits per heavy atom. The highest BCUT2D eigenvalue weighted by Crippen LogP contribution is 2.17. The average molecular weight is 296 g/mol. The molecule has 5 nitrogen and oxygen atoms in total. The third-order valence-electron chi connectivity index (χ3n) is 3.43. The van der Waals surface area contributed by atoms with E-state index < -0.39 is 6.04 Å². The summed E-state index contributed by atoms with van der Waals surface area (Å²) in [6, 6.07) is 6.89. The maximum Gasteiger partial charge on any atom is 0.243 e. The molecular weight excluding hydrogens is 278 g/mol. The first-order valence-corrected chi connectivity index (χ1v) is 7.01. The number of benzene rings is 1. The van der Waals surface area contributed by atoms with Crippen molar-refractivity contribution in [1.82, 2.24) is 10.2 Å². The van der Waals surface area contributed by atoms with Crippen LogP contribution in [0, 0.1) is 0 Å². The van der Waals surface area contributed by atoms with Crippen LogP contribution in [0.25, 0.3) is 0 Å². The normalized spacial score (nSPS) is 18.1. The number of nitrogens with two attached hydrogens (primary N) is 1. The lowest BCUT2D eigenvalue weighted by Gasteiger charge is -2.23. The van der Waals surface area contributed by atoms with Gasteiger partial charge in [0.1, 0.15) is 6.04 Å². The van der Waals surface area contributed by atoms with Crippen LogP contribution in [0.4, 0.5) is 0 Å². The Bertz CT molecular complexity index is 490. The standard InChI is InChI=1S/C14H18ClN3O2/c15-11-5-3-10(4-6-11)9-17-14(20)12-2-1-7-18(12)13(19)8-16/h3-6,12H,1-2,7-9,16H2,(H,17,20). The zero-order chi connectivity index (χ0) is 14.5. The van der Waals surface area contributed by atoms with Crippen molar-refractivity contribution in [3.63, 3.8) is 0 Å². The third-order valence-corrected chi connectivity index (χ3v) is 3.68. The van der Waals surface area contributed by atoms with Crippen molar-refractivity contribution in [1.29, 1.82) is 0 Å². The number of carbonyl (C=O) groups excluding carboxylic acids is 2. The lowest BCUT2D eigenvalue weighted by Crippen LogP contribution is -2.47. The summed E-state index contributed by atoms with van der Waals surface area (Å²) in [5.74, 6) is -0.298. The molecule has 1 unspecified atom stereocenters. The molecule has 1 aromatic carbocycles. The van der Waals surface area contributed by atoms with Crippen LogP contribution in [0.2, 0.25) is 5.02 Å². The fourth-order valence-electron chi connectivity index (χ4n) is 2.36. The van der Waals surface area contributed by atoms with Gasteiger partial charge in [-0.3, -0.25) is 9.59 Å². The molecule has 1 fully saturated rings. The van der Waals surface area contributed by atoms with Gasteiger partial charge in [-0.1, -0.05) is 23.7 Å². The van der Waals surface area contributed by atoms with Gasteiger partial charge in [0.2, 0.25) is 11.8 Å². The number of likely N-dealkylation sites (tertiary alicyclic amines) is 1. The second kappa shape index (κ2) is 6.72. The molecule has 1 aromatic rings. The zero-order valence-corrected chi connectivity index (χ0v) is 11.9. The van der Waals surface area contributed by atoms with Crippen molar-refractivity contribution in [2.45, 2.75) is 25.4 Å². The SMILES string of the molecule is NCC(=O)N1CCCC1C(=O)NCc1ccc(Cl)cc1. The molecular formula is C14H18ClN3O2. The van der Waals surface area contributed by atoms with E-state index in [2.05, 4.69) is 5.32 Å². The Hall–Kier alpha value is -1.59. The second-order valence-corrected chi connectivity index (χ2v) is 5.23. The van der Waals surface area contributed by atoms with Crippen molar-refractivity contribution >= 4 is 23.4 Å². The average Bonchev–Trinajstić information content (AvgIpc) is 2.95. The molecule has 1 saturated heterocycles. The lowest BCUT2D eigenvalue weighted by atomic mass is 10.2. The first-order valence-electron chi connectivity index (χ1n) is 6.63. The van der Waals surface area contributed by atoms with Gasteiger partial charge < -0.3 is 16.0 Å². The fraction of sp³-hybridized carbons (Fsp3) is 0.429. The second-order valence-electron chi connectivity index (χ2n) is 4.79. The molecule has 0 bridgehead atoms. The summed E-state index contributed by atoms with van der Waals surface area (Å²) >= 11 is 5.80. The van der Waals surface area contributed by atoms with Crippen molar-refractivity contribution in [2.24, 2.45) is 5.73 Å².